The third-order valence-corrected chi connectivity index (χ3v) is 5.12. The number of fused-ring (bicyclic) bond motifs is 1. The smallest absolute Gasteiger partial charge is 0.254 e. The van der Waals surface area contributed by atoms with Crippen molar-refractivity contribution in [1.82, 2.24) is 14.9 Å². The number of rotatable bonds is 9. The number of benzene rings is 1. The van der Waals surface area contributed by atoms with Gasteiger partial charge >= 0.3 is 0 Å². The topological polar surface area (TPSA) is 116 Å². The van der Waals surface area contributed by atoms with Gasteiger partial charge in [-0.05, 0) is 55.5 Å². The maximum atomic E-state index is 12.3. The van der Waals surface area contributed by atoms with Crippen LogP contribution in [0, 0.1) is 0 Å². The third-order valence-electron chi connectivity index (χ3n) is 5.12. The molecule has 1 aliphatic carbocycles. The van der Waals surface area contributed by atoms with Crippen LogP contribution in [0.1, 0.15) is 46.7 Å². The zero-order chi connectivity index (χ0) is 19.5. The Kier molecular flexibility index (Phi) is 5.40. The zero-order valence-corrected chi connectivity index (χ0v) is 15.8. The average molecular weight is 382 g/mol. The standard InChI is InChI=1S/C20H26N6O2/c21-6-1-7-22-18-17(13-2-3-13)11-23-20(25-18)24-15-4-5-16-14(10-15)12-26(8-9-27)19(16)28/h4-5,10-11,13,27H,1-3,6-9,12,21H2,(H2,22,23,24,25). The number of carbonyl (C=O) groups excluding carboxylic acids is 1. The van der Waals surface area contributed by atoms with Gasteiger partial charge in [0.05, 0.1) is 6.61 Å². The van der Waals surface area contributed by atoms with Crippen molar-refractivity contribution in [2.45, 2.75) is 31.7 Å². The van der Waals surface area contributed by atoms with Crippen LogP contribution >= 0.6 is 0 Å². The Morgan fingerprint density at radius 1 is 1.32 bits per heavy atom. The number of β-amino-alcohol motifs (C(OH)–C–C–N with tert-alkyl or cyclic N) is 1. The van der Waals surface area contributed by atoms with E-state index in [4.69, 9.17) is 10.8 Å². The van der Waals surface area contributed by atoms with Crippen molar-refractivity contribution < 1.29 is 9.90 Å². The van der Waals surface area contributed by atoms with E-state index in [1.165, 1.54) is 18.4 Å². The molecule has 0 spiro atoms. The van der Waals surface area contributed by atoms with Gasteiger partial charge in [0.1, 0.15) is 5.82 Å². The minimum Gasteiger partial charge on any atom is -0.395 e. The number of hydrogen-bond donors (Lipinski definition) is 4. The quantitative estimate of drug-likeness (QED) is 0.489. The van der Waals surface area contributed by atoms with E-state index in [0.29, 0.717) is 37.1 Å². The van der Waals surface area contributed by atoms with Gasteiger partial charge in [-0.25, -0.2) is 4.98 Å². The third kappa shape index (κ3) is 3.93. The molecule has 1 amide bonds. The molecule has 0 bridgehead atoms. The summed E-state index contributed by atoms with van der Waals surface area (Å²) >= 11 is 0. The van der Waals surface area contributed by atoms with E-state index in [2.05, 4.69) is 20.6 Å². The average Bonchev–Trinajstić information content (AvgIpc) is 3.48. The van der Waals surface area contributed by atoms with Crippen molar-refractivity contribution in [2.75, 3.05) is 36.9 Å². The number of carbonyl (C=O) groups is 1. The first-order valence-electron chi connectivity index (χ1n) is 9.80. The van der Waals surface area contributed by atoms with Gasteiger partial charge < -0.3 is 26.4 Å². The first-order valence-corrected chi connectivity index (χ1v) is 9.80. The van der Waals surface area contributed by atoms with Crippen LogP contribution in [0.2, 0.25) is 0 Å². The maximum Gasteiger partial charge on any atom is 0.254 e. The molecule has 0 radical (unpaired) electrons. The van der Waals surface area contributed by atoms with Crippen LogP contribution in [0.3, 0.4) is 0 Å². The summed E-state index contributed by atoms with van der Waals surface area (Å²) in [4.78, 5) is 23.1. The molecule has 2 aliphatic rings. The lowest BCUT2D eigenvalue weighted by Gasteiger charge is -2.13. The Morgan fingerprint density at radius 3 is 2.93 bits per heavy atom. The number of aromatic nitrogens is 2. The molecule has 2 heterocycles. The fourth-order valence-electron chi connectivity index (χ4n) is 3.48. The Hall–Kier alpha value is -2.71. The lowest BCUT2D eigenvalue weighted by molar-refractivity contribution is 0.0745. The van der Waals surface area contributed by atoms with Crippen LogP contribution in [-0.4, -0.2) is 52.1 Å². The SMILES string of the molecule is NCCCNc1nc(Nc2ccc3c(c2)CN(CCO)C3=O)ncc1C1CC1. The highest BCUT2D eigenvalue weighted by molar-refractivity contribution is 5.98. The van der Waals surface area contributed by atoms with Crippen molar-refractivity contribution in [2.24, 2.45) is 5.73 Å². The number of aliphatic hydroxyl groups excluding tert-OH is 1. The molecule has 8 heteroatoms. The molecule has 148 valence electrons. The van der Waals surface area contributed by atoms with E-state index in [1.54, 1.807) is 4.90 Å². The molecule has 1 saturated carbocycles. The van der Waals surface area contributed by atoms with Gasteiger partial charge in [0.15, 0.2) is 0 Å². The molecule has 2 aromatic rings. The van der Waals surface area contributed by atoms with Gasteiger partial charge in [0, 0.05) is 42.6 Å². The molecule has 8 nitrogen and oxygen atoms in total. The minimum absolute atomic E-state index is 0.0352. The second kappa shape index (κ2) is 8.12. The predicted molar refractivity (Wildman–Crippen MR) is 108 cm³/mol. The Balaban J connectivity index is 1.51. The Labute approximate surface area is 164 Å². The largest absolute Gasteiger partial charge is 0.395 e. The van der Waals surface area contributed by atoms with Crippen molar-refractivity contribution in [3.05, 3.63) is 41.1 Å². The number of amides is 1. The highest BCUT2D eigenvalue weighted by Crippen LogP contribution is 2.42. The first-order chi connectivity index (χ1) is 13.7. The van der Waals surface area contributed by atoms with Gasteiger partial charge in [-0.1, -0.05) is 0 Å². The molecule has 1 aromatic carbocycles. The van der Waals surface area contributed by atoms with Crippen molar-refractivity contribution in [3.8, 4) is 0 Å². The summed E-state index contributed by atoms with van der Waals surface area (Å²) in [7, 11) is 0. The summed E-state index contributed by atoms with van der Waals surface area (Å²) in [6.07, 6.45) is 5.16. The van der Waals surface area contributed by atoms with Gasteiger partial charge in [-0.3, -0.25) is 4.79 Å². The normalized spacial score (nSPS) is 15.6. The summed E-state index contributed by atoms with van der Waals surface area (Å²) in [5, 5.41) is 15.7. The van der Waals surface area contributed by atoms with Gasteiger partial charge in [-0.2, -0.15) is 4.98 Å². The van der Waals surface area contributed by atoms with Crippen LogP contribution in [0.4, 0.5) is 17.5 Å². The minimum atomic E-state index is -0.0358. The summed E-state index contributed by atoms with van der Waals surface area (Å²) in [6.45, 7) is 2.25. The van der Waals surface area contributed by atoms with E-state index in [0.717, 1.165) is 30.0 Å². The Morgan fingerprint density at radius 2 is 2.18 bits per heavy atom. The summed E-state index contributed by atoms with van der Waals surface area (Å²) in [5.74, 6) is 1.92. The lowest BCUT2D eigenvalue weighted by atomic mass is 10.1. The van der Waals surface area contributed by atoms with E-state index in [1.807, 2.05) is 24.4 Å². The summed E-state index contributed by atoms with van der Waals surface area (Å²) < 4.78 is 0. The number of nitrogens with one attached hydrogen (secondary N) is 2. The van der Waals surface area contributed by atoms with Gasteiger partial charge in [-0.15, -0.1) is 0 Å². The predicted octanol–water partition coefficient (Wildman–Crippen LogP) is 1.81. The van der Waals surface area contributed by atoms with Crippen LogP contribution in [-0.2, 0) is 6.54 Å². The molecular weight excluding hydrogens is 356 g/mol. The van der Waals surface area contributed by atoms with Crippen molar-refractivity contribution >= 4 is 23.4 Å². The monoisotopic (exact) mass is 382 g/mol. The summed E-state index contributed by atoms with van der Waals surface area (Å²) in [5.41, 5.74) is 9.23. The highest BCUT2D eigenvalue weighted by Gasteiger charge is 2.28. The molecule has 1 aliphatic heterocycles. The molecule has 1 aromatic heterocycles. The van der Waals surface area contributed by atoms with Crippen LogP contribution in [0.5, 0.6) is 0 Å². The molecule has 0 atom stereocenters. The van der Waals surface area contributed by atoms with E-state index >= 15 is 0 Å². The van der Waals surface area contributed by atoms with Crippen LogP contribution < -0.4 is 16.4 Å². The molecule has 5 N–H and O–H groups in total. The highest BCUT2D eigenvalue weighted by atomic mass is 16.3. The Bertz CT molecular complexity index is 868. The van der Waals surface area contributed by atoms with Crippen LogP contribution in [0.25, 0.3) is 0 Å². The van der Waals surface area contributed by atoms with Gasteiger partial charge in [0.25, 0.3) is 5.91 Å². The number of hydrogen-bond acceptors (Lipinski definition) is 7. The lowest BCUT2D eigenvalue weighted by Crippen LogP contribution is -2.26. The number of aliphatic hydroxyl groups is 1. The number of nitrogens with zero attached hydrogens (tertiary/aromatic N) is 3. The molecule has 28 heavy (non-hydrogen) atoms. The second-order valence-corrected chi connectivity index (χ2v) is 7.29. The fraction of sp³-hybridized carbons (Fsp3) is 0.450. The fourth-order valence-corrected chi connectivity index (χ4v) is 3.48. The second-order valence-electron chi connectivity index (χ2n) is 7.29. The van der Waals surface area contributed by atoms with Crippen molar-refractivity contribution in [1.29, 1.82) is 0 Å². The summed E-state index contributed by atoms with van der Waals surface area (Å²) in [6, 6.07) is 5.62. The van der Waals surface area contributed by atoms with Crippen molar-refractivity contribution in [3.63, 3.8) is 0 Å². The van der Waals surface area contributed by atoms with Gasteiger partial charge in [0.2, 0.25) is 5.95 Å². The van der Waals surface area contributed by atoms with E-state index in [-0.39, 0.29) is 12.5 Å². The van der Waals surface area contributed by atoms with Crippen LogP contribution in [0.15, 0.2) is 24.4 Å². The molecule has 4 rings (SSSR count). The maximum absolute atomic E-state index is 12.3. The number of nitrogens with two attached hydrogens (primary N) is 1. The molecule has 0 saturated heterocycles. The van der Waals surface area contributed by atoms with E-state index < -0.39 is 0 Å². The number of anilines is 3. The van der Waals surface area contributed by atoms with E-state index in [9.17, 15) is 4.79 Å². The molecule has 0 unspecified atom stereocenters. The molecule has 1 fully saturated rings. The molecular formula is C20H26N6O2. The zero-order valence-electron chi connectivity index (χ0n) is 15.8. The first kappa shape index (κ1) is 18.6.